The zero-order valence-corrected chi connectivity index (χ0v) is 22.8. The minimum atomic E-state index is -0.664. The Labute approximate surface area is 231 Å². The fourth-order valence-corrected chi connectivity index (χ4v) is 5.12. The molecule has 0 aliphatic rings. The quantitative estimate of drug-likeness (QED) is 0.242. The van der Waals surface area contributed by atoms with Crippen LogP contribution >= 0.6 is 11.6 Å². The van der Waals surface area contributed by atoms with Gasteiger partial charge in [0, 0.05) is 17.0 Å². The van der Waals surface area contributed by atoms with Crippen LogP contribution in [0.15, 0.2) is 103 Å². The molecule has 0 radical (unpaired) electrons. The van der Waals surface area contributed by atoms with E-state index in [2.05, 4.69) is 79.0 Å². The van der Waals surface area contributed by atoms with Crippen molar-refractivity contribution in [1.82, 2.24) is 5.32 Å². The number of nitriles is 2. The first-order valence-corrected chi connectivity index (χ1v) is 13.3. The van der Waals surface area contributed by atoms with Crippen molar-refractivity contribution in [2.45, 2.75) is 45.2 Å². The molecule has 0 aliphatic carbocycles. The predicted molar refractivity (Wildman–Crippen MR) is 156 cm³/mol. The fraction of sp³-hybridized carbons (Fsp3) is 0.235. The van der Waals surface area contributed by atoms with Crippen LogP contribution < -0.4 is 5.32 Å². The van der Waals surface area contributed by atoms with Gasteiger partial charge >= 0.3 is 0 Å². The lowest BCUT2D eigenvalue weighted by Crippen LogP contribution is -2.42. The van der Waals surface area contributed by atoms with Gasteiger partial charge in [0.05, 0.1) is 29.2 Å². The van der Waals surface area contributed by atoms with E-state index in [4.69, 9.17) is 11.6 Å². The first-order chi connectivity index (χ1) is 18.3. The first-order valence-electron chi connectivity index (χ1n) is 12.9. The second kappa shape index (κ2) is 12.1. The van der Waals surface area contributed by atoms with Gasteiger partial charge in [-0.15, -0.1) is 0 Å². The average molecular weight is 518 g/mol. The average Bonchev–Trinajstić information content (AvgIpc) is 2.96. The number of nitrogens with one attached hydrogen (secondary N) is 1. The van der Waals surface area contributed by atoms with Gasteiger partial charge in [-0.1, -0.05) is 84.4 Å². The minimum absolute atomic E-state index is 0.00220. The number of benzene rings is 4. The van der Waals surface area contributed by atoms with Crippen molar-refractivity contribution in [3.05, 3.63) is 130 Å². The second-order valence-electron chi connectivity index (χ2n) is 10.4. The molecule has 0 saturated carbocycles. The molecular weight excluding hydrogens is 486 g/mol. The fourth-order valence-electron chi connectivity index (χ4n) is 4.99. The van der Waals surface area contributed by atoms with Crippen molar-refractivity contribution in [3.8, 4) is 23.3 Å². The standard InChI is InChI=1S/C34H32ClN3/c1-24(32(20-25-15-17-31(35)18-16-25)29-13-7-9-26(19-29)22-36)38-33(34(2,3)23-37)30-14-8-12-28(21-30)27-10-5-4-6-11-27/h4-19,21,24,32-33,38H,20H2,1-3H3/t24-,32?,33-/m0/s1. The number of hydrogen-bond acceptors (Lipinski definition) is 3. The molecule has 4 rings (SSSR count). The van der Waals surface area contributed by atoms with E-state index < -0.39 is 5.41 Å². The highest BCUT2D eigenvalue weighted by Crippen LogP contribution is 2.37. The Kier molecular flexibility index (Phi) is 8.65. The maximum absolute atomic E-state index is 10.2. The van der Waals surface area contributed by atoms with E-state index in [0.29, 0.717) is 10.6 Å². The van der Waals surface area contributed by atoms with Crippen LogP contribution in [0.4, 0.5) is 0 Å². The molecule has 3 nitrogen and oxygen atoms in total. The van der Waals surface area contributed by atoms with Crippen LogP contribution in [-0.2, 0) is 6.42 Å². The van der Waals surface area contributed by atoms with Crippen LogP contribution in [0, 0.1) is 28.1 Å². The zero-order valence-electron chi connectivity index (χ0n) is 22.0. The molecule has 0 spiro atoms. The number of rotatable bonds is 9. The van der Waals surface area contributed by atoms with E-state index in [1.165, 1.54) is 0 Å². The van der Waals surface area contributed by atoms with Gasteiger partial charge in [0.25, 0.3) is 0 Å². The number of hydrogen-bond donors (Lipinski definition) is 1. The van der Waals surface area contributed by atoms with Gasteiger partial charge in [-0.05, 0) is 85.3 Å². The Balaban J connectivity index is 1.71. The third-order valence-electron chi connectivity index (χ3n) is 7.18. The molecule has 3 atom stereocenters. The van der Waals surface area contributed by atoms with Crippen molar-refractivity contribution in [2.75, 3.05) is 0 Å². The van der Waals surface area contributed by atoms with Crippen molar-refractivity contribution >= 4 is 11.6 Å². The summed E-state index contributed by atoms with van der Waals surface area (Å²) >= 11 is 6.15. The van der Waals surface area contributed by atoms with E-state index in [9.17, 15) is 10.5 Å². The van der Waals surface area contributed by atoms with E-state index in [1.54, 1.807) is 0 Å². The first kappa shape index (κ1) is 27.2. The highest BCUT2D eigenvalue weighted by atomic mass is 35.5. The van der Waals surface area contributed by atoms with Crippen LogP contribution in [0.5, 0.6) is 0 Å². The zero-order chi connectivity index (χ0) is 27.1. The Hall–Kier alpha value is -3.89. The maximum Gasteiger partial charge on any atom is 0.0991 e. The maximum atomic E-state index is 10.2. The molecule has 190 valence electrons. The van der Waals surface area contributed by atoms with E-state index in [-0.39, 0.29) is 18.0 Å². The molecule has 4 aromatic rings. The third-order valence-corrected chi connectivity index (χ3v) is 7.43. The number of nitrogens with zero attached hydrogens (tertiary/aromatic N) is 2. The topological polar surface area (TPSA) is 59.6 Å². The normalized spacial score (nSPS) is 13.6. The van der Waals surface area contributed by atoms with Crippen molar-refractivity contribution in [1.29, 1.82) is 10.5 Å². The molecule has 38 heavy (non-hydrogen) atoms. The van der Waals surface area contributed by atoms with E-state index in [0.717, 1.165) is 34.2 Å². The summed E-state index contributed by atoms with van der Waals surface area (Å²) in [6.07, 6.45) is 0.768. The van der Waals surface area contributed by atoms with E-state index >= 15 is 0 Å². The summed E-state index contributed by atoms with van der Waals surface area (Å²) in [5.41, 5.74) is 5.56. The lowest BCUT2D eigenvalue weighted by molar-refractivity contribution is 0.281. The highest BCUT2D eigenvalue weighted by molar-refractivity contribution is 6.30. The summed E-state index contributed by atoms with van der Waals surface area (Å²) < 4.78 is 0. The Morgan fingerprint density at radius 1 is 0.789 bits per heavy atom. The predicted octanol–water partition coefficient (Wildman–Crippen LogP) is 8.47. The SMILES string of the molecule is C[C@H](N[C@@H](c1cccc(-c2ccccc2)c1)C(C)(C)C#N)C(Cc1ccc(Cl)cc1)c1cccc(C#N)c1. The second-order valence-corrected chi connectivity index (χ2v) is 10.8. The van der Waals surface area contributed by atoms with Gasteiger partial charge in [-0.3, -0.25) is 0 Å². The van der Waals surface area contributed by atoms with Crippen LogP contribution in [0.2, 0.25) is 5.02 Å². The summed E-state index contributed by atoms with van der Waals surface area (Å²) in [7, 11) is 0. The molecule has 4 heteroatoms. The lowest BCUT2D eigenvalue weighted by atomic mass is 9.79. The molecule has 1 N–H and O–H groups in total. The van der Waals surface area contributed by atoms with Gasteiger partial charge in [0.1, 0.15) is 0 Å². The highest BCUT2D eigenvalue weighted by Gasteiger charge is 2.34. The third kappa shape index (κ3) is 6.51. The minimum Gasteiger partial charge on any atom is -0.305 e. The largest absolute Gasteiger partial charge is 0.305 e. The Morgan fingerprint density at radius 3 is 2.13 bits per heavy atom. The Morgan fingerprint density at radius 2 is 1.45 bits per heavy atom. The van der Waals surface area contributed by atoms with Crippen molar-refractivity contribution < 1.29 is 0 Å². The van der Waals surface area contributed by atoms with Gasteiger partial charge in [0.2, 0.25) is 0 Å². The van der Waals surface area contributed by atoms with Crippen molar-refractivity contribution in [3.63, 3.8) is 0 Å². The Bertz CT molecular complexity index is 1450. The van der Waals surface area contributed by atoms with Gasteiger partial charge in [0.15, 0.2) is 0 Å². The smallest absolute Gasteiger partial charge is 0.0991 e. The van der Waals surface area contributed by atoms with Crippen LogP contribution in [0.3, 0.4) is 0 Å². The molecule has 0 bridgehead atoms. The summed E-state index contributed by atoms with van der Waals surface area (Å²) in [5, 5.41) is 24.3. The number of halogens is 1. The van der Waals surface area contributed by atoms with Crippen LogP contribution in [0.1, 0.15) is 55.0 Å². The van der Waals surface area contributed by atoms with Crippen LogP contribution in [0.25, 0.3) is 11.1 Å². The molecule has 0 aromatic heterocycles. The van der Waals surface area contributed by atoms with E-state index in [1.807, 2.05) is 62.4 Å². The van der Waals surface area contributed by atoms with Crippen LogP contribution in [-0.4, -0.2) is 6.04 Å². The molecule has 0 saturated heterocycles. The lowest BCUT2D eigenvalue weighted by Gasteiger charge is -2.36. The van der Waals surface area contributed by atoms with Crippen molar-refractivity contribution in [2.24, 2.45) is 5.41 Å². The van der Waals surface area contributed by atoms with Gasteiger partial charge in [-0.25, -0.2) is 0 Å². The van der Waals surface area contributed by atoms with Gasteiger partial charge in [-0.2, -0.15) is 10.5 Å². The molecule has 0 heterocycles. The monoisotopic (exact) mass is 517 g/mol. The summed E-state index contributed by atoms with van der Waals surface area (Å²) in [5.74, 6) is 0.0683. The molecule has 0 aliphatic heterocycles. The van der Waals surface area contributed by atoms with Gasteiger partial charge < -0.3 is 5.32 Å². The molecule has 4 aromatic carbocycles. The molecule has 1 unspecified atom stereocenters. The molecule has 0 amide bonds. The summed E-state index contributed by atoms with van der Waals surface area (Å²) in [6, 6.07) is 39.1. The summed E-state index contributed by atoms with van der Waals surface area (Å²) in [4.78, 5) is 0. The molecule has 0 fully saturated rings. The summed E-state index contributed by atoms with van der Waals surface area (Å²) in [6.45, 7) is 6.13. The molecular formula is C34H32ClN3.